The van der Waals surface area contributed by atoms with Crippen LogP contribution in [0.5, 0.6) is 0 Å². The van der Waals surface area contributed by atoms with Gasteiger partial charge in [0, 0.05) is 11.9 Å². The second-order valence-corrected chi connectivity index (χ2v) is 9.60. The fourth-order valence-electron chi connectivity index (χ4n) is 4.74. The number of hydrogen-bond donors (Lipinski definition) is 0. The smallest absolute Gasteiger partial charge is 0.550 e. The van der Waals surface area contributed by atoms with Crippen molar-refractivity contribution in [2.75, 3.05) is 6.61 Å². The Labute approximate surface area is 226 Å². The molecule has 0 heterocycles. The Morgan fingerprint density at radius 1 is 0.727 bits per heavy atom. The third-order valence-electron chi connectivity index (χ3n) is 6.78. The van der Waals surface area contributed by atoms with Gasteiger partial charge in [-0.05, 0) is 38.5 Å². The molecule has 0 radical (unpaired) electrons. The minimum atomic E-state index is -1.10. The Bertz CT molecular complexity index is 506. The van der Waals surface area contributed by atoms with Gasteiger partial charge in [-0.25, -0.2) is 0 Å². The van der Waals surface area contributed by atoms with Crippen LogP contribution in [0.1, 0.15) is 135 Å². The van der Waals surface area contributed by atoms with Crippen molar-refractivity contribution >= 4 is 11.9 Å². The van der Waals surface area contributed by atoms with E-state index in [-0.39, 0.29) is 35.5 Å². The molecule has 1 aliphatic rings. The molecular formula is C28H49NaO4. The topological polar surface area (TPSA) is 66.4 Å². The van der Waals surface area contributed by atoms with E-state index in [0.29, 0.717) is 19.4 Å². The van der Waals surface area contributed by atoms with E-state index in [1.165, 1.54) is 83.5 Å². The van der Waals surface area contributed by atoms with Crippen LogP contribution in [0.2, 0.25) is 0 Å². The average molecular weight is 473 g/mol. The number of hydrogen-bond acceptors (Lipinski definition) is 4. The summed E-state index contributed by atoms with van der Waals surface area (Å²) in [5.41, 5.74) is 0. The van der Waals surface area contributed by atoms with Crippen molar-refractivity contribution in [2.45, 2.75) is 135 Å². The molecule has 0 amide bonds. The van der Waals surface area contributed by atoms with Crippen LogP contribution in [0.25, 0.3) is 0 Å². The standard InChI is InChI=1S/C28H50O4.Na/c1-2-3-4-5-6-7-8-9-10-11-12-13-14-15-16-17-18-21-24-32-28(31)26-23-20-19-22-25(26)27(29)30;/h3-4,25-26H,2,5-24H2,1H3,(H,29,30);/q;+1/p-1/b4-3+;. The molecule has 5 heteroatoms. The quantitative estimate of drug-likeness (QED) is 0.117. The summed E-state index contributed by atoms with van der Waals surface area (Å²) in [4.78, 5) is 23.4. The first kappa shape index (κ1) is 32.7. The van der Waals surface area contributed by atoms with Gasteiger partial charge >= 0.3 is 35.5 Å². The minimum Gasteiger partial charge on any atom is -0.550 e. The molecule has 0 N–H and O–H groups in total. The molecule has 1 saturated carbocycles. The first-order valence-corrected chi connectivity index (χ1v) is 13.7. The molecule has 186 valence electrons. The van der Waals surface area contributed by atoms with Gasteiger partial charge in [0.25, 0.3) is 0 Å². The summed E-state index contributed by atoms with van der Waals surface area (Å²) in [6.45, 7) is 2.61. The summed E-state index contributed by atoms with van der Waals surface area (Å²) in [5, 5.41) is 11.2. The predicted octanol–water partition coefficient (Wildman–Crippen LogP) is 3.91. The average Bonchev–Trinajstić information content (AvgIpc) is 2.80. The summed E-state index contributed by atoms with van der Waals surface area (Å²) in [6, 6.07) is 0. The molecular weight excluding hydrogens is 423 g/mol. The van der Waals surface area contributed by atoms with Crippen molar-refractivity contribution in [3.63, 3.8) is 0 Å². The van der Waals surface area contributed by atoms with Crippen molar-refractivity contribution in [1.29, 1.82) is 0 Å². The number of carbonyl (C=O) groups excluding carboxylic acids is 2. The molecule has 0 aromatic rings. The number of ether oxygens (including phenoxy) is 1. The number of allylic oxidation sites excluding steroid dienone is 2. The summed E-state index contributed by atoms with van der Waals surface area (Å²) >= 11 is 0. The molecule has 2 atom stereocenters. The van der Waals surface area contributed by atoms with Crippen molar-refractivity contribution in [3.05, 3.63) is 12.2 Å². The first-order chi connectivity index (χ1) is 15.7. The maximum Gasteiger partial charge on any atom is 1.00 e. The summed E-state index contributed by atoms with van der Waals surface area (Å²) < 4.78 is 5.36. The maximum absolute atomic E-state index is 12.2. The summed E-state index contributed by atoms with van der Waals surface area (Å²) in [5.74, 6) is -2.59. The van der Waals surface area contributed by atoms with Crippen LogP contribution in [-0.2, 0) is 14.3 Å². The number of aliphatic carboxylic acids is 1. The van der Waals surface area contributed by atoms with Crippen LogP contribution < -0.4 is 34.7 Å². The van der Waals surface area contributed by atoms with Gasteiger partial charge in [-0.15, -0.1) is 0 Å². The van der Waals surface area contributed by atoms with Crippen LogP contribution >= 0.6 is 0 Å². The molecule has 2 unspecified atom stereocenters. The van der Waals surface area contributed by atoms with E-state index < -0.39 is 17.8 Å². The molecule has 0 aromatic carbocycles. The third kappa shape index (κ3) is 17.7. The Hall–Kier alpha value is -0.320. The Balaban J connectivity index is 0.0000102. The molecule has 0 aromatic heterocycles. The van der Waals surface area contributed by atoms with E-state index in [1.54, 1.807) is 0 Å². The molecule has 1 aliphatic carbocycles. The van der Waals surface area contributed by atoms with E-state index in [1.807, 2.05) is 0 Å². The van der Waals surface area contributed by atoms with E-state index in [2.05, 4.69) is 19.1 Å². The fourth-order valence-corrected chi connectivity index (χ4v) is 4.74. The number of carboxylic acid groups (broad SMARTS) is 1. The van der Waals surface area contributed by atoms with Crippen LogP contribution in [0.15, 0.2) is 12.2 Å². The fraction of sp³-hybridized carbons (Fsp3) is 0.857. The van der Waals surface area contributed by atoms with Gasteiger partial charge in [-0.1, -0.05) is 109 Å². The monoisotopic (exact) mass is 472 g/mol. The van der Waals surface area contributed by atoms with E-state index in [4.69, 9.17) is 4.74 Å². The number of esters is 1. The van der Waals surface area contributed by atoms with Crippen LogP contribution in [0.4, 0.5) is 0 Å². The minimum absolute atomic E-state index is 0. The molecule has 0 aliphatic heterocycles. The second-order valence-electron chi connectivity index (χ2n) is 9.60. The van der Waals surface area contributed by atoms with Gasteiger partial charge in [0.2, 0.25) is 0 Å². The van der Waals surface area contributed by atoms with Gasteiger partial charge < -0.3 is 14.6 Å². The first-order valence-electron chi connectivity index (χ1n) is 13.7. The van der Waals surface area contributed by atoms with Crippen molar-refractivity contribution < 1.29 is 49.0 Å². The number of unbranched alkanes of at least 4 members (excludes halogenated alkanes) is 14. The zero-order valence-corrected chi connectivity index (χ0v) is 23.8. The van der Waals surface area contributed by atoms with Crippen molar-refractivity contribution in [2.24, 2.45) is 11.8 Å². The van der Waals surface area contributed by atoms with E-state index >= 15 is 0 Å². The normalized spacial score (nSPS) is 18.2. The van der Waals surface area contributed by atoms with Crippen molar-refractivity contribution in [3.8, 4) is 0 Å². The molecule has 1 rings (SSSR count). The third-order valence-corrected chi connectivity index (χ3v) is 6.78. The van der Waals surface area contributed by atoms with Gasteiger partial charge in [-0.2, -0.15) is 0 Å². The van der Waals surface area contributed by atoms with E-state index in [0.717, 1.165) is 32.1 Å². The molecule has 0 spiro atoms. The zero-order valence-electron chi connectivity index (χ0n) is 21.8. The van der Waals surface area contributed by atoms with Gasteiger partial charge in [0.05, 0.1) is 12.5 Å². The largest absolute Gasteiger partial charge is 1.00 e. The van der Waals surface area contributed by atoms with Crippen molar-refractivity contribution in [1.82, 2.24) is 0 Å². The van der Waals surface area contributed by atoms with Gasteiger partial charge in [-0.3, -0.25) is 4.79 Å². The summed E-state index contributed by atoms with van der Waals surface area (Å²) in [6.07, 6.45) is 28.0. The Morgan fingerprint density at radius 3 is 1.67 bits per heavy atom. The van der Waals surface area contributed by atoms with Crippen LogP contribution in [0, 0.1) is 11.8 Å². The predicted molar refractivity (Wildman–Crippen MR) is 130 cm³/mol. The second kappa shape index (κ2) is 23.4. The van der Waals surface area contributed by atoms with Crippen LogP contribution in [-0.4, -0.2) is 18.5 Å². The Kier molecular flexibility index (Phi) is 23.2. The molecule has 4 nitrogen and oxygen atoms in total. The number of carboxylic acids is 1. The maximum atomic E-state index is 12.2. The molecule has 0 saturated heterocycles. The number of rotatable bonds is 20. The molecule has 33 heavy (non-hydrogen) atoms. The number of carbonyl (C=O) groups is 2. The van der Waals surface area contributed by atoms with E-state index in [9.17, 15) is 14.7 Å². The Morgan fingerprint density at radius 2 is 1.18 bits per heavy atom. The van der Waals surface area contributed by atoms with Crippen LogP contribution in [0.3, 0.4) is 0 Å². The zero-order chi connectivity index (χ0) is 23.3. The summed E-state index contributed by atoms with van der Waals surface area (Å²) in [7, 11) is 0. The van der Waals surface area contributed by atoms with Gasteiger partial charge in [0.1, 0.15) is 0 Å². The SMILES string of the molecule is CC/C=C/CCCCCCCCCCCCCCCCOC(=O)C1CCCCC1C(=O)[O-].[Na+]. The van der Waals surface area contributed by atoms with Gasteiger partial charge in [0.15, 0.2) is 0 Å². The molecule has 1 fully saturated rings. The molecule has 0 bridgehead atoms.